The van der Waals surface area contributed by atoms with Crippen molar-refractivity contribution >= 4 is 11.8 Å². The second kappa shape index (κ2) is 8.08. The molecule has 0 aliphatic heterocycles. The van der Waals surface area contributed by atoms with E-state index in [-0.39, 0.29) is 6.04 Å². The Hall–Kier alpha value is -1.49. The second-order valence-electron chi connectivity index (χ2n) is 4.85. The highest BCUT2D eigenvalue weighted by Crippen LogP contribution is 2.26. The van der Waals surface area contributed by atoms with Crippen LogP contribution in [0.1, 0.15) is 24.1 Å². The van der Waals surface area contributed by atoms with Crippen molar-refractivity contribution in [2.24, 2.45) is 5.84 Å². The maximum atomic E-state index is 5.70. The molecule has 0 aliphatic rings. The first kappa shape index (κ1) is 15.9. The average Bonchev–Trinajstić information content (AvgIpc) is 2.50. The highest BCUT2D eigenvalue weighted by atomic mass is 32.2. The first-order valence-corrected chi connectivity index (χ1v) is 8.10. The highest BCUT2D eigenvalue weighted by Gasteiger charge is 2.10. The van der Waals surface area contributed by atoms with E-state index in [2.05, 4.69) is 48.7 Å². The van der Waals surface area contributed by atoms with Crippen LogP contribution in [0.3, 0.4) is 0 Å². The van der Waals surface area contributed by atoms with Crippen LogP contribution in [0.4, 0.5) is 0 Å². The number of nitrogens with one attached hydrogen (secondary N) is 1. The maximum Gasteiger partial charge on any atom is 0.119 e. The van der Waals surface area contributed by atoms with Gasteiger partial charge in [0.1, 0.15) is 5.75 Å². The number of nitrogens with two attached hydrogens (primary N) is 1. The molecule has 0 aromatic heterocycles. The number of hydrazine groups is 1. The lowest BCUT2D eigenvalue weighted by molar-refractivity contribution is 0.340. The second-order valence-corrected chi connectivity index (χ2v) is 5.94. The molecule has 0 bridgehead atoms. The van der Waals surface area contributed by atoms with E-state index in [0.29, 0.717) is 6.61 Å². The van der Waals surface area contributed by atoms with Crippen LogP contribution in [-0.2, 0) is 0 Å². The Morgan fingerprint density at radius 2 is 1.95 bits per heavy atom. The molecule has 2 rings (SSSR count). The van der Waals surface area contributed by atoms with Crippen LogP contribution in [0.5, 0.6) is 5.75 Å². The zero-order valence-electron chi connectivity index (χ0n) is 12.5. The summed E-state index contributed by atoms with van der Waals surface area (Å²) in [5, 5.41) is 0. The van der Waals surface area contributed by atoms with Gasteiger partial charge in [0, 0.05) is 10.6 Å². The van der Waals surface area contributed by atoms with E-state index < -0.39 is 0 Å². The monoisotopic (exact) mass is 302 g/mol. The zero-order valence-corrected chi connectivity index (χ0v) is 13.3. The fraction of sp³-hybridized carbons (Fsp3) is 0.294. The Morgan fingerprint density at radius 1 is 1.19 bits per heavy atom. The minimum Gasteiger partial charge on any atom is -0.494 e. The van der Waals surface area contributed by atoms with Crippen LogP contribution in [0.25, 0.3) is 0 Å². The molecule has 0 spiro atoms. The summed E-state index contributed by atoms with van der Waals surface area (Å²) < 4.78 is 5.46. The summed E-state index contributed by atoms with van der Waals surface area (Å²) in [5.41, 5.74) is 5.34. The van der Waals surface area contributed by atoms with E-state index in [4.69, 9.17) is 10.6 Å². The third-order valence-electron chi connectivity index (χ3n) is 3.20. The van der Waals surface area contributed by atoms with Crippen molar-refractivity contribution in [3.05, 3.63) is 59.7 Å². The zero-order chi connectivity index (χ0) is 15.1. The predicted molar refractivity (Wildman–Crippen MR) is 89.6 cm³/mol. The number of hydrogen-bond donors (Lipinski definition) is 2. The van der Waals surface area contributed by atoms with Crippen LogP contribution in [0.2, 0.25) is 0 Å². The van der Waals surface area contributed by atoms with Crippen molar-refractivity contribution in [1.29, 1.82) is 0 Å². The Bertz CT molecular complexity index is 557. The average molecular weight is 302 g/mol. The van der Waals surface area contributed by atoms with Crippen LogP contribution in [0.15, 0.2) is 53.4 Å². The molecular formula is C17H22N2OS. The standard InChI is InChI=1S/C17H22N2OS/c1-3-20-15-9-7-14(8-10-15)17(19-18)12-21-16-6-4-5-13(2)11-16/h4-11,17,19H,3,12,18H2,1-2H3. The van der Waals surface area contributed by atoms with Gasteiger partial charge in [-0.3, -0.25) is 11.3 Å². The molecule has 0 radical (unpaired) electrons. The molecule has 21 heavy (non-hydrogen) atoms. The van der Waals surface area contributed by atoms with Gasteiger partial charge in [-0.25, -0.2) is 0 Å². The fourth-order valence-electron chi connectivity index (χ4n) is 2.09. The van der Waals surface area contributed by atoms with E-state index in [1.165, 1.54) is 16.0 Å². The topological polar surface area (TPSA) is 47.3 Å². The molecular weight excluding hydrogens is 280 g/mol. The Balaban J connectivity index is 1.99. The van der Waals surface area contributed by atoms with Gasteiger partial charge in [-0.2, -0.15) is 0 Å². The fourth-order valence-corrected chi connectivity index (χ4v) is 3.18. The SMILES string of the molecule is CCOc1ccc(C(CSc2cccc(C)c2)NN)cc1. The number of benzene rings is 2. The quantitative estimate of drug-likeness (QED) is 0.465. The molecule has 1 atom stereocenters. The van der Waals surface area contributed by atoms with Crippen LogP contribution < -0.4 is 16.0 Å². The Morgan fingerprint density at radius 3 is 2.57 bits per heavy atom. The van der Waals surface area contributed by atoms with E-state index in [1.54, 1.807) is 11.8 Å². The summed E-state index contributed by atoms with van der Waals surface area (Å²) >= 11 is 1.80. The molecule has 2 aromatic rings. The number of aryl methyl sites for hydroxylation is 1. The van der Waals surface area contributed by atoms with Crippen molar-refractivity contribution in [2.75, 3.05) is 12.4 Å². The van der Waals surface area contributed by atoms with Crippen LogP contribution in [-0.4, -0.2) is 12.4 Å². The summed E-state index contributed by atoms with van der Waals surface area (Å²) in [4.78, 5) is 1.26. The van der Waals surface area contributed by atoms with Gasteiger partial charge in [-0.15, -0.1) is 11.8 Å². The Kier molecular flexibility index (Phi) is 6.11. The van der Waals surface area contributed by atoms with Gasteiger partial charge in [0.2, 0.25) is 0 Å². The van der Waals surface area contributed by atoms with E-state index in [0.717, 1.165) is 11.5 Å². The molecule has 0 aliphatic carbocycles. The molecule has 0 heterocycles. The first-order chi connectivity index (χ1) is 10.2. The summed E-state index contributed by atoms with van der Waals surface area (Å²) in [6.07, 6.45) is 0. The molecule has 4 heteroatoms. The lowest BCUT2D eigenvalue weighted by Crippen LogP contribution is -2.29. The van der Waals surface area contributed by atoms with Crippen LogP contribution in [0, 0.1) is 6.92 Å². The lowest BCUT2D eigenvalue weighted by atomic mass is 10.1. The smallest absolute Gasteiger partial charge is 0.119 e. The molecule has 2 aromatic carbocycles. The van der Waals surface area contributed by atoms with Crippen molar-refractivity contribution < 1.29 is 4.74 Å². The van der Waals surface area contributed by atoms with Gasteiger partial charge in [0.05, 0.1) is 12.6 Å². The van der Waals surface area contributed by atoms with Gasteiger partial charge >= 0.3 is 0 Å². The molecule has 3 nitrogen and oxygen atoms in total. The number of rotatable bonds is 7. The van der Waals surface area contributed by atoms with Crippen LogP contribution >= 0.6 is 11.8 Å². The molecule has 0 saturated carbocycles. The minimum atomic E-state index is 0.117. The van der Waals surface area contributed by atoms with Gasteiger partial charge in [0.15, 0.2) is 0 Å². The van der Waals surface area contributed by atoms with Gasteiger partial charge in [-0.1, -0.05) is 29.8 Å². The molecule has 0 saturated heterocycles. The van der Waals surface area contributed by atoms with Gasteiger partial charge in [0.25, 0.3) is 0 Å². The highest BCUT2D eigenvalue weighted by molar-refractivity contribution is 7.99. The summed E-state index contributed by atoms with van der Waals surface area (Å²) in [6, 6.07) is 16.7. The maximum absolute atomic E-state index is 5.70. The largest absolute Gasteiger partial charge is 0.494 e. The molecule has 1 unspecified atom stereocenters. The first-order valence-electron chi connectivity index (χ1n) is 7.11. The van der Waals surface area contributed by atoms with E-state index >= 15 is 0 Å². The summed E-state index contributed by atoms with van der Waals surface area (Å²) in [5.74, 6) is 7.48. The number of thioether (sulfide) groups is 1. The predicted octanol–water partition coefficient (Wildman–Crippen LogP) is 3.69. The minimum absolute atomic E-state index is 0.117. The molecule has 112 valence electrons. The van der Waals surface area contributed by atoms with E-state index in [9.17, 15) is 0 Å². The lowest BCUT2D eigenvalue weighted by Gasteiger charge is -2.16. The summed E-state index contributed by atoms with van der Waals surface area (Å²) in [7, 11) is 0. The third-order valence-corrected chi connectivity index (χ3v) is 4.29. The number of hydrogen-bond acceptors (Lipinski definition) is 4. The summed E-state index contributed by atoms with van der Waals surface area (Å²) in [6.45, 7) is 4.77. The van der Waals surface area contributed by atoms with Gasteiger partial charge in [-0.05, 0) is 43.7 Å². The molecule has 0 fully saturated rings. The van der Waals surface area contributed by atoms with E-state index in [1.807, 2.05) is 19.1 Å². The third kappa shape index (κ3) is 4.77. The van der Waals surface area contributed by atoms with Crippen molar-refractivity contribution in [2.45, 2.75) is 24.8 Å². The van der Waals surface area contributed by atoms with Crippen molar-refractivity contribution in [3.63, 3.8) is 0 Å². The molecule has 0 amide bonds. The van der Waals surface area contributed by atoms with Crippen molar-refractivity contribution in [3.8, 4) is 5.75 Å². The van der Waals surface area contributed by atoms with Crippen molar-refractivity contribution in [1.82, 2.24) is 5.43 Å². The molecule has 3 N–H and O–H groups in total. The van der Waals surface area contributed by atoms with Gasteiger partial charge < -0.3 is 4.74 Å². The number of ether oxygens (including phenoxy) is 1. The Labute approximate surface area is 130 Å². The normalized spacial score (nSPS) is 12.1.